The lowest BCUT2D eigenvalue weighted by Crippen LogP contribution is -2.29. The molecule has 3 rings (SSSR count). The standard InChI is InChI=1S/C19H20N2O4S/c1-13(16-8-6-10-23-16)21(2)19(22)15-11-14(25-20-15)12-24-17-7-4-5-9-18(17)26-3/h4-11,13H,12H2,1-3H3/t13-/m0/s1. The van der Waals surface area contributed by atoms with Crippen LogP contribution in [0.5, 0.6) is 5.75 Å². The molecule has 2 heterocycles. The molecule has 1 aromatic carbocycles. The number of aromatic nitrogens is 1. The molecule has 0 fully saturated rings. The van der Waals surface area contributed by atoms with E-state index in [0.717, 1.165) is 10.6 Å². The highest BCUT2D eigenvalue weighted by molar-refractivity contribution is 7.98. The molecular weight excluding hydrogens is 352 g/mol. The van der Waals surface area contributed by atoms with Crippen LogP contribution in [0.4, 0.5) is 0 Å². The van der Waals surface area contributed by atoms with Gasteiger partial charge in [-0.25, -0.2) is 0 Å². The molecule has 136 valence electrons. The number of rotatable bonds is 7. The third-order valence-corrected chi connectivity index (χ3v) is 4.85. The topological polar surface area (TPSA) is 68.7 Å². The van der Waals surface area contributed by atoms with Crippen molar-refractivity contribution < 1.29 is 18.5 Å². The first-order valence-electron chi connectivity index (χ1n) is 8.12. The summed E-state index contributed by atoms with van der Waals surface area (Å²) in [5.74, 6) is 1.73. The van der Waals surface area contributed by atoms with Crippen LogP contribution in [-0.2, 0) is 6.61 Å². The van der Waals surface area contributed by atoms with E-state index in [0.29, 0.717) is 11.5 Å². The van der Waals surface area contributed by atoms with E-state index in [9.17, 15) is 4.79 Å². The van der Waals surface area contributed by atoms with E-state index in [1.165, 1.54) is 0 Å². The van der Waals surface area contributed by atoms with Crippen LogP contribution in [0, 0.1) is 0 Å². The van der Waals surface area contributed by atoms with Crippen LogP contribution < -0.4 is 4.74 Å². The maximum absolute atomic E-state index is 12.6. The maximum Gasteiger partial charge on any atom is 0.276 e. The predicted octanol–water partition coefficient (Wildman–Crippen LogP) is 4.40. The average Bonchev–Trinajstić information content (AvgIpc) is 3.36. The van der Waals surface area contributed by atoms with Crippen molar-refractivity contribution in [1.29, 1.82) is 0 Å². The van der Waals surface area contributed by atoms with Gasteiger partial charge in [-0.2, -0.15) is 0 Å². The number of thioether (sulfide) groups is 1. The highest BCUT2D eigenvalue weighted by Crippen LogP contribution is 2.27. The molecule has 1 amide bonds. The third-order valence-electron chi connectivity index (χ3n) is 4.07. The van der Waals surface area contributed by atoms with E-state index >= 15 is 0 Å². The van der Waals surface area contributed by atoms with Gasteiger partial charge in [0.05, 0.1) is 12.3 Å². The summed E-state index contributed by atoms with van der Waals surface area (Å²) in [6.45, 7) is 2.09. The molecule has 0 bridgehead atoms. The van der Waals surface area contributed by atoms with Crippen molar-refractivity contribution in [3.8, 4) is 5.75 Å². The summed E-state index contributed by atoms with van der Waals surface area (Å²) in [7, 11) is 1.70. The summed E-state index contributed by atoms with van der Waals surface area (Å²) in [6, 6.07) is 12.8. The van der Waals surface area contributed by atoms with Crippen LogP contribution in [0.3, 0.4) is 0 Å². The molecule has 0 saturated heterocycles. The number of furan rings is 1. The number of nitrogens with zero attached hydrogens (tertiary/aromatic N) is 2. The van der Waals surface area contributed by atoms with E-state index in [-0.39, 0.29) is 24.2 Å². The Labute approximate surface area is 156 Å². The summed E-state index contributed by atoms with van der Waals surface area (Å²) in [5, 5.41) is 3.87. The van der Waals surface area contributed by atoms with Gasteiger partial charge in [-0.1, -0.05) is 17.3 Å². The minimum Gasteiger partial charge on any atom is -0.484 e. The Kier molecular flexibility index (Phi) is 5.68. The maximum atomic E-state index is 12.6. The summed E-state index contributed by atoms with van der Waals surface area (Å²) < 4.78 is 16.4. The summed E-state index contributed by atoms with van der Waals surface area (Å²) in [5.41, 5.74) is 0.239. The molecule has 0 unspecified atom stereocenters. The highest BCUT2D eigenvalue weighted by atomic mass is 32.2. The predicted molar refractivity (Wildman–Crippen MR) is 98.3 cm³/mol. The minimum atomic E-state index is -0.242. The van der Waals surface area contributed by atoms with Crippen molar-refractivity contribution in [2.75, 3.05) is 13.3 Å². The molecule has 0 spiro atoms. The fourth-order valence-electron chi connectivity index (χ4n) is 2.45. The highest BCUT2D eigenvalue weighted by Gasteiger charge is 2.23. The van der Waals surface area contributed by atoms with Gasteiger partial charge in [-0.15, -0.1) is 11.8 Å². The number of carbonyl (C=O) groups is 1. The molecule has 0 N–H and O–H groups in total. The molecule has 0 radical (unpaired) electrons. The van der Waals surface area contributed by atoms with E-state index in [2.05, 4.69) is 5.16 Å². The molecule has 7 heteroatoms. The molecule has 6 nitrogen and oxygen atoms in total. The van der Waals surface area contributed by atoms with Gasteiger partial charge in [0.2, 0.25) is 0 Å². The smallest absolute Gasteiger partial charge is 0.276 e. The SMILES string of the molecule is CSc1ccccc1OCc1cc(C(=O)N(C)[C@@H](C)c2ccco2)no1. The Morgan fingerprint density at radius 1 is 1.31 bits per heavy atom. The number of carbonyl (C=O) groups excluding carboxylic acids is 1. The second-order valence-corrected chi connectivity index (χ2v) is 6.57. The Morgan fingerprint density at radius 3 is 2.85 bits per heavy atom. The number of ether oxygens (including phenoxy) is 1. The Morgan fingerprint density at radius 2 is 2.12 bits per heavy atom. The van der Waals surface area contributed by atoms with E-state index in [1.54, 1.807) is 42.1 Å². The van der Waals surface area contributed by atoms with Crippen LogP contribution in [0.25, 0.3) is 0 Å². The lowest BCUT2D eigenvalue weighted by molar-refractivity contribution is 0.0715. The largest absolute Gasteiger partial charge is 0.484 e. The molecular formula is C19H20N2O4S. The van der Waals surface area contributed by atoms with Gasteiger partial charge in [-0.05, 0) is 37.4 Å². The minimum absolute atomic E-state index is 0.204. The fourth-order valence-corrected chi connectivity index (χ4v) is 2.99. The molecule has 0 aliphatic heterocycles. The zero-order valence-corrected chi connectivity index (χ0v) is 15.7. The van der Waals surface area contributed by atoms with E-state index in [4.69, 9.17) is 13.7 Å². The summed E-state index contributed by atoms with van der Waals surface area (Å²) in [4.78, 5) is 15.2. The Hall–Kier alpha value is -2.67. The first-order valence-corrected chi connectivity index (χ1v) is 9.34. The summed E-state index contributed by atoms with van der Waals surface area (Å²) >= 11 is 1.61. The van der Waals surface area contributed by atoms with Crippen molar-refractivity contribution >= 4 is 17.7 Å². The first-order chi connectivity index (χ1) is 12.6. The number of para-hydroxylation sites is 1. The molecule has 0 aliphatic carbocycles. The van der Waals surface area contributed by atoms with Gasteiger partial charge in [0, 0.05) is 18.0 Å². The monoisotopic (exact) mass is 372 g/mol. The molecule has 26 heavy (non-hydrogen) atoms. The van der Waals surface area contributed by atoms with Crippen LogP contribution in [0.2, 0.25) is 0 Å². The van der Waals surface area contributed by atoms with Crippen LogP contribution in [0.15, 0.2) is 62.6 Å². The zero-order chi connectivity index (χ0) is 18.5. The zero-order valence-electron chi connectivity index (χ0n) is 14.8. The second kappa shape index (κ2) is 8.14. The van der Waals surface area contributed by atoms with Gasteiger partial charge in [0.25, 0.3) is 5.91 Å². The van der Waals surface area contributed by atoms with Crippen LogP contribution in [0.1, 0.15) is 35.0 Å². The van der Waals surface area contributed by atoms with Gasteiger partial charge in [0.15, 0.2) is 11.5 Å². The first kappa shape index (κ1) is 18.1. The molecule has 0 saturated carbocycles. The van der Waals surface area contributed by atoms with Crippen molar-refractivity contribution in [3.63, 3.8) is 0 Å². The fraction of sp³-hybridized carbons (Fsp3) is 0.263. The van der Waals surface area contributed by atoms with Crippen molar-refractivity contribution in [3.05, 3.63) is 65.9 Å². The van der Waals surface area contributed by atoms with Gasteiger partial charge in [0.1, 0.15) is 18.1 Å². The second-order valence-electron chi connectivity index (χ2n) is 5.73. The molecule has 1 atom stereocenters. The van der Waals surface area contributed by atoms with E-state index in [1.807, 2.05) is 43.5 Å². The van der Waals surface area contributed by atoms with Crippen molar-refractivity contribution in [1.82, 2.24) is 10.1 Å². The number of hydrogen-bond acceptors (Lipinski definition) is 6. The summed E-state index contributed by atoms with van der Waals surface area (Å²) in [6.07, 6.45) is 3.57. The number of hydrogen-bond donors (Lipinski definition) is 0. The van der Waals surface area contributed by atoms with Gasteiger partial charge in [-0.3, -0.25) is 4.79 Å². The Balaban J connectivity index is 1.64. The molecule has 0 aliphatic rings. The van der Waals surface area contributed by atoms with Crippen LogP contribution in [-0.4, -0.2) is 29.3 Å². The van der Waals surface area contributed by atoms with Crippen LogP contribution >= 0.6 is 11.8 Å². The lowest BCUT2D eigenvalue weighted by atomic mass is 10.2. The Bertz CT molecular complexity index is 860. The number of benzene rings is 1. The lowest BCUT2D eigenvalue weighted by Gasteiger charge is -2.21. The molecule has 2 aromatic heterocycles. The molecule has 3 aromatic rings. The third kappa shape index (κ3) is 3.94. The van der Waals surface area contributed by atoms with Crippen molar-refractivity contribution in [2.24, 2.45) is 0 Å². The number of amides is 1. The average molecular weight is 372 g/mol. The quantitative estimate of drug-likeness (QED) is 0.573. The normalized spacial score (nSPS) is 12.0. The van der Waals surface area contributed by atoms with E-state index < -0.39 is 0 Å². The van der Waals surface area contributed by atoms with Gasteiger partial charge < -0.3 is 18.6 Å². The van der Waals surface area contributed by atoms with Crippen molar-refractivity contribution in [2.45, 2.75) is 24.5 Å². The van der Waals surface area contributed by atoms with Gasteiger partial charge >= 0.3 is 0 Å².